The van der Waals surface area contributed by atoms with Crippen LogP contribution in [0.5, 0.6) is 11.5 Å². The molecule has 0 spiro atoms. The van der Waals surface area contributed by atoms with Crippen LogP contribution in [0.15, 0.2) is 48.5 Å². The Bertz CT molecular complexity index is 825. The topological polar surface area (TPSA) is 74.0 Å². The first-order valence-electron chi connectivity index (χ1n) is 10.5. The second-order valence-corrected chi connectivity index (χ2v) is 8.70. The lowest BCUT2D eigenvalue weighted by Gasteiger charge is -2.33. The fraction of sp³-hybridized carbons (Fsp3) is 0.458. The molecule has 0 radical (unpaired) electrons. The second kappa shape index (κ2) is 9.74. The molecule has 2 aromatic rings. The number of benzene rings is 2. The summed E-state index contributed by atoms with van der Waals surface area (Å²) in [5.74, 6) is 1.71. The minimum absolute atomic E-state index is 0.239. The molecule has 1 amide bonds. The Hall–Kier alpha value is -2.89. The van der Waals surface area contributed by atoms with E-state index in [1.165, 1.54) is 0 Å². The average molecular weight is 413 g/mol. The Kier molecular flexibility index (Phi) is 7.08. The summed E-state index contributed by atoms with van der Waals surface area (Å²) in [5, 5.41) is 0. The molecule has 1 aliphatic rings. The maximum atomic E-state index is 12.2. The summed E-state index contributed by atoms with van der Waals surface area (Å²) in [4.78, 5) is 14.0. The molecular formula is C24H32N2O4. The van der Waals surface area contributed by atoms with E-state index in [1.54, 1.807) is 11.0 Å². The van der Waals surface area contributed by atoms with E-state index in [2.05, 4.69) is 0 Å². The zero-order chi connectivity index (χ0) is 21.6. The predicted octanol–water partition coefficient (Wildman–Crippen LogP) is 4.87. The number of amides is 1. The van der Waals surface area contributed by atoms with Gasteiger partial charge in [0, 0.05) is 24.8 Å². The number of likely N-dealkylation sites (tertiary alicyclic amines) is 1. The largest absolute Gasteiger partial charge is 0.489 e. The Labute approximate surface area is 178 Å². The van der Waals surface area contributed by atoms with Crippen molar-refractivity contribution in [3.63, 3.8) is 0 Å². The van der Waals surface area contributed by atoms with Gasteiger partial charge >= 0.3 is 6.09 Å². The molecule has 6 heteroatoms. The van der Waals surface area contributed by atoms with Gasteiger partial charge in [0.1, 0.15) is 12.2 Å². The quantitative estimate of drug-likeness (QED) is 0.685. The zero-order valence-corrected chi connectivity index (χ0v) is 18.1. The van der Waals surface area contributed by atoms with Crippen molar-refractivity contribution < 1.29 is 19.0 Å². The van der Waals surface area contributed by atoms with Crippen LogP contribution in [0.25, 0.3) is 0 Å². The third-order valence-electron chi connectivity index (χ3n) is 4.95. The van der Waals surface area contributed by atoms with Crippen LogP contribution in [0, 0.1) is 5.92 Å². The normalized spacial score (nSPS) is 15.0. The number of hydrogen-bond acceptors (Lipinski definition) is 5. The first-order valence-corrected chi connectivity index (χ1v) is 10.5. The number of ether oxygens (including phenoxy) is 3. The number of piperidine rings is 1. The number of nitrogen functional groups attached to an aromatic ring is 1. The van der Waals surface area contributed by atoms with Crippen molar-refractivity contribution in [3.05, 3.63) is 54.1 Å². The van der Waals surface area contributed by atoms with Gasteiger partial charge in [-0.25, -0.2) is 4.79 Å². The number of carbonyl (C=O) groups is 1. The molecule has 3 rings (SSSR count). The second-order valence-electron chi connectivity index (χ2n) is 8.70. The van der Waals surface area contributed by atoms with E-state index in [0.717, 1.165) is 18.4 Å². The van der Waals surface area contributed by atoms with E-state index in [-0.39, 0.29) is 6.09 Å². The van der Waals surface area contributed by atoms with Gasteiger partial charge < -0.3 is 24.8 Å². The number of hydrogen-bond donors (Lipinski definition) is 1. The van der Waals surface area contributed by atoms with Crippen LogP contribution < -0.4 is 15.2 Å². The lowest BCUT2D eigenvalue weighted by Crippen LogP contribution is -2.42. The molecule has 0 saturated carbocycles. The lowest BCUT2D eigenvalue weighted by atomic mass is 9.98. The monoisotopic (exact) mass is 412 g/mol. The molecule has 1 aliphatic heterocycles. The molecule has 0 atom stereocenters. The SMILES string of the molecule is CC(C)(C)OC(=O)N1CCC(COc2ccc(N)cc2OCc2ccccc2)CC1. The summed E-state index contributed by atoms with van der Waals surface area (Å²) >= 11 is 0. The van der Waals surface area contributed by atoms with Crippen molar-refractivity contribution in [2.45, 2.75) is 45.8 Å². The molecule has 1 saturated heterocycles. The molecule has 0 aromatic heterocycles. The van der Waals surface area contributed by atoms with Crippen LogP contribution in [0.2, 0.25) is 0 Å². The van der Waals surface area contributed by atoms with Gasteiger partial charge in [-0.3, -0.25) is 0 Å². The van der Waals surface area contributed by atoms with E-state index < -0.39 is 5.60 Å². The Balaban J connectivity index is 1.51. The minimum atomic E-state index is -0.470. The molecule has 2 N–H and O–H groups in total. The molecule has 0 unspecified atom stereocenters. The van der Waals surface area contributed by atoms with E-state index in [0.29, 0.717) is 49.4 Å². The van der Waals surface area contributed by atoms with Crippen LogP contribution in [0.3, 0.4) is 0 Å². The van der Waals surface area contributed by atoms with Crippen LogP contribution >= 0.6 is 0 Å². The van der Waals surface area contributed by atoms with E-state index in [9.17, 15) is 4.79 Å². The molecule has 30 heavy (non-hydrogen) atoms. The van der Waals surface area contributed by atoms with E-state index in [4.69, 9.17) is 19.9 Å². The van der Waals surface area contributed by atoms with Gasteiger partial charge in [0.15, 0.2) is 11.5 Å². The standard InChI is InChI=1S/C24H32N2O4/c1-24(2,3)30-23(27)26-13-11-19(12-14-26)17-28-21-10-9-20(25)15-22(21)29-16-18-7-5-4-6-8-18/h4-10,15,19H,11-14,16-17,25H2,1-3H3. The Morgan fingerprint density at radius 2 is 1.73 bits per heavy atom. The number of carbonyl (C=O) groups excluding carboxylic acids is 1. The Morgan fingerprint density at radius 1 is 1.03 bits per heavy atom. The first-order chi connectivity index (χ1) is 14.3. The fourth-order valence-electron chi connectivity index (χ4n) is 3.31. The highest BCUT2D eigenvalue weighted by molar-refractivity contribution is 5.68. The van der Waals surface area contributed by atoms with Crippen LogP contribution in [0.4, 0.5) is 10.5 Å². The van der Waals surface area contributed by atoms with Crippen molar-refractivity contribution in [2.75, 3.05) is 25.4 Å². The van der Waals surface area contributed by atoms with Gasteiger partial charge in [-0.05, 0) is 57.2 Å². The number of anilines is 1. The summed E-state index contributed by atoms with van der Waals surface area (Å²) in [7, 11) is 0. The van der Waals surface area contributed by atoms with Gasteiger partial charge in [0.25, 0.3) is 0 Å². The van der Waals surface area contributed by atoms with Gasteiger partial charge in [-0.1, -0.05) is 30.3 Å². The molecule has 6 nitrogen and oxygen atoms in total. The van der Waals surface area contributed by atoms with Crippen LogP contribution in [0.1, 0.15) is 39.2 Å². The van der Waals surface area contributed by atoms with Crippen LogP contribution in [-0.2, 0) is 11.3 Å². The molecule has 0 aliphatic carbocycles. The highest BCUT2D eigenvalue weighted by Crippen LogP contribution is 2.31. The zero-order valence-electron chi connectivity index (χ0n) is 18.1. The third kappa shape index (κ3) is 6.58. The summed E-state index contributed by atoms with van der Waals surface area (Å²) < 4.78 is 17.5. The predicted molar refractivity (Wildman–Crippen MR) is 118 cm³/mol. The van der Waals surface area contributed by atoms with Crippen molar-refractivity contribution in [1.29, 1.82) is 0 Å². The molecular weight excluding hydrogens is 380 g/mol. The fourth-order valence-corrected chi connectivity index (χ4v) is 3.31. The maximum Gasteiger partial charge on any atom is 0.410 e. The summed E-state index contributed by atoms with van der Waals surface area (Å²) in [6, 6.07) is 15.5. The van der Waals surface area contributed by atoms with Gasteiger partial charge in [-0.15, -0.1) is 0 Å². The molecule has 1 heterocycles. The van der Waals surface area contributed by atoms with Crippen LogP contribution in [-0.4, -0.2) is 36.3 Å². The molecule has 1 fully saturated rings. The molecule has 162 valence electrons. The lowest BCUT2D eigenvalue weighted by molar-refractivity contribution is 0.0164. The molecule has 2 aromatic carbocycles. The first kappa shape index (κ1) is 21.8. The highest BCUT2D eigenvalue weighted by Gasteiger charge is 2.27. The van der Waals surface area contributed by atoms with Crippen molar-refractivity contribution >= 4 is 11.8 Å². The number of nitrogens with zero attached hydrogens (tertiary/aromatic N) is 1. The summed E-state index contributed by atoms with van der Waals surface area (Å²) in [6.07, 6.45) is 1.53. The summed E-state index contributed by atoms with van der Waals surface area (Å²) in [6.45, 7) is 8.05. The molecule has 0 bridgehead atoms. The van der Waals surface area contributed by atoms with E-state index >= 15 is 0 Å². The minimum Gasteiger partial charge on any atom is -0.489 e. The van der Waals surface area contributed by atoms with Gasteiger partial charge in [0.2, 0.25) is 0 Å². The number of rotatable bonds is 6. The van der Waals surface area contributed by atoms with Gasteiger partial charge in [-0.2, -0.15) is 0 Å². The maximum absolute atomic E-state index is 12.2. The number of nitrogens with two attached hydrogens (primary N) is 1. The summed E-state index contributed by atoms with van der Waals surface area (Å²) in [5.41, 5.74) is 7.19. The van der Waals surface area contributed by atoms with E-state index in [1.807, 2.05) is 63.2 Å². The third-order valence-corrected chi connectivity index (χ3v) is 4.95. The smallest absolute Gasteiger partial charge is 0.410 e. The van der Waals surface area contributed by atoms with Crippen molar-refractivity contribution in [1.82, 2.24) is 4.90 Å². The van der Waals surface area contributed by atoms with Crippen molar-refractivity contribution in [3.8, 4) is 11.5 Å². The Morgan fingerprint density at radius 3 is 2.40 bits per heavy atom. The average Bonchev–Trinajstić information content (AvgIpc) is 2.71. The highest BCUT2D eigenvalue weighted by atomic mass is 16.6. The van der Waals surface area contributed by atoms with Gasteiger partial charge in [0.05, 0.1) is 6.61 Å². The van der Waals surface area contributed by atoms with Crippen molar-refractivity contribution in [2.24, 2.45) is 5.92 Å².